The van der Waals surface area contributed by atoms with Crippen LogP contribution in [-0.4, -0.2) is 76.0 Å². The topological polar surface area (TPSA) is 188 Å². The van der Waals surface area contributed by atoms with Gasteiger partial charge in [-0.15, -0.1) is 0 Å². The number of nitrogens with two attached hydrogens (primary N) is 2. The van der Waals surface area contributed by atoms with Crippen LogP contribution in [0.15, 0.2) is 66.9 Å². The van der Waals surface area contributed by atoms with E-state index < -0.39 is 41.9 Å². The van der Waals surface area contributed by atoms with Crippen LogP contribution in [0.1, 0.15) is 61.9 Å². The zero-order valence-electron chi connectivity index (χ0n) is 28.0. The van der Waals surface area contributed by atoms with Crippen LogP contribution in [0.2, 0.25) is 0 Å². The summed E-state index contributed by atoms with van der Waals surface area (Å²) in [6, 6.07) is 15.2. The molecule has 48 heavy (non-hydrogen) atoms. The summed E-state index contributed by atoms with van der Waals surface area (Å²) >= 11 is 0. The maximum absolute atomic E-state index is 13.9. The predicted molar refractivity (Wildman–Crippen MR) is 184 cm³/mol. The van der Waals surface area contributed by atoms with E-state index in [1.807, 2.05) is 74.5 Å². The molecule has 0 saturated carbocycles. The summed E-state index contributed by atoms with van der Waals surface area (Å²) < 4.78 is 0. The van der Waals surface area contributed by atoms with Crippen LogP contribution in [0, 0.1) is 5.92 Å². The van der Waals surface area contributed by atoms with Crippen molar-refractivity contribution in [3.05, 3.63) is 89.2 Å². The Bertz CT molecular complexity index is 1480. The highest BCUT2D eigenvalue weighted by Gasteiger charge is 2.33. The summed E-state index contributed by atoms with van der Waals surface area (Å²) in [6.45, 7) is 5.31. The number of nitrogens with zero attached hydrogens (tertiary/aromatic N) is 2. The van der Waals surface area contributed by atoms with Crippen LogP contribution in [0.5, 0.6) is 0 Å². The monoisotopic (exact) mass is 658 g/mol. The number of benzene rings is 2. The number of rotatable bonds is 17. The number of hydrogen-bond acceptors (Lipinski definition) is 7. The fraction of sp³-hybridized carbons (Fsp3) is 0.472. The Morgan fingerprint density at radius 2 is 1.44 bits per heavy atom. The van der Waals surface area contributed by atoms with Gasteiger partial charge in [0, 0.05) is 37.2 Å². The maximum atomic E-state index is 13.9. The largest absolute Gasteiger partial charge is 0.343 e. The minimum atomic E-state index is -0.983. The van der Waals surface area contributed by atoms with Gasteiger partial charge >= 0.3 is 0 Å². The molecule has 4 atom stereocenters. The van der Waals surface area contributed by atoms with E-state index in [4.69, 9.17) is 11.5 Å². The van der Waals surface area contributed by atoms with Gasteiger partial charge < -0.3 is 32.3 Å². The Morgan fingerprint density at radius 1 is 0.833 bits per heavy atom. The van der Waals surface area contributed by atoms with Crippen LogP contribution in [0.4, 0.5) is 0 Å². The molecule has 0 bridgehead atoms. The number of nitrogens with one attached hydrogen (secondary N) is 4. The smallest absolute Gasteiger partial charge is 0.245 e. The third-order valence-corrected chi connectivity index (χ3v) is 8.56. The average molecular weight is 659 g/mol. The van der Waals surface area contributed by atoms with Crippen molar-refractivity contribution in [2.45, 2.75) is 89.5 Å². The van der Waals surface area contributed by atoms with Crippen molar-refractivity contribution in [3.63, 3.8) is 0 Å². The SMILES string of the molecule is CC(C)C[C@@H](NC(=O)[C@@H](Cc1ccccc1)NC(=O)[C@H](N)Cc1ccccc1)C(=O)N[C@H](CCCCN)C(=O)N1CCc2[nH]ncc2C1. The predicted octanol–water partition coefficient (Wildman–Crippen LogP) is 1.74. The summed E-state index contributed by atoms with van der Waals surface area (Å²) in [4.78, 5) is 56.5. The molecule has 3 aromatic rings. The fourth-order valence-corrected chi connectivity index (χ4v) is 5.93. The molecule has 4 rings (SSSR count). The molecule has 1 aliphatic rings. The zero-order valence-corrected chi connectivity index (χ0v) is 28.0. The second-order valence-electron chi connectivity index (χ2n) is 13.0. The van der Waals surface area contributed by atoms with E-state index >= 15 is 0 Å². The third kappa shape index (κ3) is 10.7. The number of fused-ring (bicyclic) bond motifs is 1. The lowest BCUT2D eigenvalue weighted by Crippen LogP contribution is -2.58. The van der Waals surface area contributed by atoms with E-state index in [1.165, 1.54) is 0 Å². The molecule has 4 amide bonds. The first-order chi connectivity index (χ1) is 23.1. The summed E-state index contributed by atoms with van der Waals surface area (Å²) in [6.07, 6.45) is 5.03. The van der Waals surface area contributed by atoms with Gasteiger partial charge in [-0.2, -0.15) is 5.10 Å². The molecule has 12 nitrogen and oxygen atoms in total. The quantitative estimate of drug-likeness (QED) is 0.119. The first-order valence-corrected chi connectivity index (χ1v) is 16.9. The van der Waals surface area contributed by atoms with E-state index in [2.05, 4.69) is 26.1 Å². The Hall–Kier alpha value is -4.55. The van der Waals surface area contributed by atoms with Crippen molar-refractivity contribution < 1.29 is 19.2 Å². The van der Waals surface area contributed by atoms with Gasteiger partial charge in [-0.05, 0) is 55.7 Å². The molecule has 8 N–H and O–H groups in total. The highest BCUT2D eigenvalue weighted by molar-refractivity contribution is 5.95. The summed E-state index contributed by atoms with van der Waals surface area (Å²) in [5, 5.41) is 15.8. The normalized spacial score (nSPS) is 15.1. The lowest BCUT2D eigenvalue weighted by molar-refractivity contribution is -0.138. The fourth-order valence-electron chi connectivity index (χ4n) is 5.93. The van der Waals surface area contributed by atoms with Crippen LogP contribution in [0.25, 0.3) is 0 Å². The van der Waals surface area contributed by atoms with Crippen molar-refractivity contribution in [1.82, 2.24) is 31.0 Å². The van der Waals surface area contributed by atoms with E-state index in [0.717, 1.165) is 22.4 Å². The Balaban J connectivity index is 1.48. The molecule has 0 spiro atoms. The van der Waals surface area contributed by atoms with E-state index in [0.29, 0.717) is 58.2 Å². The molecule has 0 fully saturated rings. The number of aromatic nitrogens is 2. The molecule has 258 valence electrons. The second-order valence-corrected chi connectivity index (χ2v) is 13.0. The molecule has 2 aromatic carbocycles. The lowest BCUT2D eigenvalue weighted by Gasteiger charge is -2.32. The van der Waals surface area contributed by atoms with Crippen LogP contribution in [-0.2, 0) is 45.0 Å². The number of unbranched alkanes of at least 4 members (excludes halogenated alkanes) is 1. The molecular weight excluding hydrogens is 608 g/mol. The highest BCUT2D eigenvalue weighted by Crippen LogP contribution is 2.18. The molecule has 0 saturated heterocycles. The van der Waals surface area contributed by atoms with E-state index in [1.54, 1.807) is 11.1 Å². The zero-order chi connectivity index (χ0) is 34.5. The molecule has 0 aliphatic carbocycles. The Kier molecular flexibility index (Phi) is 13.7. The number of carbonyl (C=O) groups excluding carboxylic acids is 4. The standard InChI is InChI=1S/C36H50N8O4/c1-24(2)19-31(34(46)40-30(15-9-10-17-37)36(48)44-18-16-29-27(23-44)22-39-43-29)42-35(47)32(21-26-13-7-4-8-14-26)41-33(45)28(38)20-25-11-5-3-6-12-25/h3-8,11-14,22,24,28,30-32H,9-10,15-21,23,37-38H2,1-2H3,(H,39,43)(H,40,46)(H,41,45)(H,42,47)/t28-,30-,31-,32-/m1/s1. The molecule has 12 heteroatoms. The molecule has 2 heterocycles. The number of H-pyrrole nitrogens is 1. The molecule has 0 radical (unpaired) electrons. The van der Waals surface area contributed by atoms with Gasteiger partial charge in [-0.1, -0.05) is 74.5 Å². The second kappa shape index (κ2) is 18.1. The van der Waals surface area contributed by atoms with Crippen molar-refractivity contribution in [3.8, 4) is 0 Å². The van der Waals surface area contributed by atoms with Gasteiger partial charge in [0.15, 0.2) is 0 Å². The van der Waals surface area contributed by atoms with Gasteiger partial charge in [0.25, 0.3) is 0 Å². The lowest BCUT2D eigenvalue weighted by atomic mass is 9.99. The van der Waals surface area contributed by atoms with Gasteiger partial charge in [-0.25, -0.2) is 0 Å². The third-order valence-electron chi connectivity index (χ3n) is 8.56. The van der Waals surface area contributed by atoms with Gasteiger partial charge in [-0.3, -0.25) is 24.3 Å². The van der Waals surface area contributed by atoms with Gasteiger partial charge in [0.2, 0.25) is 23.6 Å². The highest BCUT2D eigenvalue weighted by atomic mass is 16.2. The van der Waals surface area contributed by atoms with Crippen molar-refractivity contribution in [2.24, 2.45) is 17.4 Å². The molecule has 1 aromatic heterocycles. The number of amides is 4. The van der Waals surface area contributed by atoms with E-state index in [-0.39, 0.29) is 18.2 Å². The van der Waals surface area contributed by atoms with Crippen molar-refractivity contribution in [2.75, 3.05) is 13.1 Å². The molecule has 1 aliphatic heterocycles. The Labute approximate surface area is 282 Å². The van der Waals surface area contributed by atoms with Gasteiger partial charge in [0.05, 0.1) is 12.2 Å². The minimum Gasteiger partial charge on any atom is -0.343 e. The van der Waals surface area contributed by atoms with Crippen molar-refractivity contribution in [1.29, 1.82) is 0 Å². The van der Waals surface area contributed by atoms with Crippen molar-refractivity contribution >= 4 is 23.6 Å². The summed E-state index contributed by atoms with van der Waals surface area (Å²) in [7, 11) is 0. The molecular formula is C36H50N8O4. The number of aromatic amines is 1. The average Bonchev–Trinajstić information content (AvgIpc) is 3.56. The van der Waals surface area contributed by atoms with Gasteiger partial charge in [0.1, 0.15) is 18.1 Å². The minimum absolute atomic E-state index is 0.0514. The summed E-state index contributed by atoms with van der Waals surface area (Å²) in [5.74, 6) is -1.55. The van der Waals surface area contributed by atoms with E-state index in [9.17, 15) is 19.2 Å². The first-order valence-electron chi connectivity index (χ1n) is 16.9. The Morgan fingerprint density at radius 3 is 2.08 bits per heavy atom. The number of carbonyl (C=O) groups is 4. The van der Waals surface area contributed by atoms with Crippen LogP contribution in [0.3, 0.4) is 0 Å². The first kappa shape index (κ1) is 36.3. The van der Waals surface area contributed by atoms with Crippen LogP contribution < -0.4 is 27.4 Å². The summed E-state index contributed by atoms with van der Waals surface area (Å²) in [5.41, 5.74) is 15.7. The van der Waals surface area contributed by atoms with Crippen LogP contribution >= 0.6 is 0 Å². The number of hydrogen-bond donors (Lipinski definition) is 6. The maximum Gasteiger partial charge on any atom is 0.245 e. The molecule has 0 unspecified atom stereocenters.